The van der Waals surface area contributed by atoms with E-state index in [0.717, 1.165) is 10.4 Å². The smallest absolute Gasteiger partial charge is 0.285 e. The van der Waals surface area contributed by atoms with E-state index in [4.69, 9.17) is 0 Å². The van der Waals surface area contributed by atoms with Crippen LogP contribution >= 0.6 is 22.7 Å². The number of anilines is 1. The highest BCUT2D eigenvalue weighted by molar-refractivity contribution is 7.20. The van der Waals surface area contributed by atoms with Crippen molar-refractivity contribution in [1.82, 2.24) is 20.5 Å². The van der Waals surface area contributed by atoms with Crippen LogP contribution in [0.4, 0.5) is 5.82 Å². The number of H-pyrrole nitrogens is 1. The number of carbonyl (C=O) groups is 2. The van der Waals surface area contributed by atoms with Gasteiger partial charge in [0.2, 0.25) is 0 Å². The fourth-order valence-corrected chi connectivity index (χ4v) is 3.94. The highest BCUT2D eigenvalue weighted by Gasteiger charge is 2.17. The van der Waals surface area contributed by atoms with Crippen LogP contribution < -0.4 is 10.6 Å². The van der Waals surface area contributed by atoms with Crippen LogP contribution in [0.15, 0.2) is 41.9 Å². The molecule has 0 fully saturated rings. The fraction of sp³-hybridized carbons (Fsp3) is 0.111. The molecule has 3 heterocycles. The number of hydrogen-bond donors (Lipinski definition) is 3. The van der Waals surface area contributed by atoms with Gasteiger partial charge in [-0.25, -0.2) is 4.98 Å². The average molecular weight is 397 g/mol. The summed E-state index contributed by atoms with van der Waals surface area (Å²) >= 11 is 2.55. The number of carbonyl (C=O) groups excluding carboxylic acids is 2. The minimum Gasteiger partial charge on any atom is -0.347 e. The molecule has 3 aromatic heterocycles. The van der Waals surface area contributed by atoms with Gasteiger partial charge in [-0.2, -0.15) is 5.10 Å². The molecule has 9 heteroatoms. The molecule has 4 aromatic rings. The Hall–Kier alpha value is -3.04. The molecule has 1 aromatic carbocycles. The summed E-state index contributed by atoms with van der Waals surface area (Å²) in [5.74, 6) is -0.101. The van der Waals surface area contributed by atoms with Gasteiger partial charge >= 0.3 is 0 Å². The molecule has 0 saturated carbocycles. The number of hydrogen-bond acceptors (Lipinski definition) is 6. The molecule has 0 aliphatic rings. The molecular formula is C18H15N5O2S2. The Labute approximate surface area is 162 Å². The van der Waals surface area contributed by atoms with E-state index in [1.165, 1.54) is 28.2 Å². The molecule has 4 rings (SSSR count). The lowest BCUT2D eigenvalue weighted by molar-refractivity contribution is 0.0954. The maximum absolute atomic E-state index is 12.4. The Balaban J connectivity index is 1.46. The number of aromatic nitrogens is 3. The van der Waals surface area contributed by atoms with E-state index in [2.05, 4.69) is 25.8 Å². The van der Waals surface area contributed by atoms with Crippen molar-refractivity contribution in [2.75, 3.05) is 5.32 Å². The van der Waals surface area contributed by atoms with E-state index in [1.54, 1.807) is 17.6 Å². The number of amides is 2. The maximum Gasteiger partial charge on any atom is 0.285 e. The number of nitrogens with zero attached hydrogens (tertiary/aromatic N) is 2. The van der Waals surface area contributed by atoms with Gasteiger partial charge in [0, 0.05) is 18.1 Å². The number of aromatic amines is 1. The standard InChI is InChI=1S/C18H15N5O2S2/c1-10-2-4-11(5-3-10)9-20-15(24)13-8-12-14(22-23-17(12)27-13)21-16(25)18-19-6-7-26-18/h2-8H,9H2,1H3,(H,20,24)(H2,21,22,23,25). The predicted octanol–water partition coefficient (Wildman–Crippen LogP) is 3.57. The van der Waals surface area contributed by atoms with Crippen molar-refractivity contribution in [3.63, 3.8) is 0 Å². The third-order valence-electron chi connectivity index (χ3n) is 3.91. The third kappa shape index (κ3) is 3.74. The lowest BCUT2D eigenvalue weighted by atomic mass is 10.1. The molecule has 0 atom stereocenters. The van der Waals surface area contributed by atoms with E-state index >= 15 is 0 Å². The highest BCUT2D eigenvalue weighted by atomic mass is 32.1. The molecule has 0 aliphatic carbocycles. The van der Waals surface area contributed by atoms with Crippen LogP contribution in [0, 0.1) is 6.92 Å². The van der Waals surface area contributed by atoms with Crippen LogP contribution in [-0.4, -0.2) is 27.0 Å². The molecular weight excluding hydrogens is 382 g/mol. The van der Waals surface area contributed by atoms with Gasteiger partial charge in [0.1, 0.15) is 4.83 Å². The first-order valence-electron chi connectivity index (χ1n) is 8.12. The first-order chi connectivity index (χ1) is 13.1. The second-order valence-corrected chi connectivity index (χ2v) is 7.83. The van der Waals surface area contributed by atoms with Crippen molar-refractivity contribution in [3.8, 4) is 0 Å². The van der Waals surface area contributed by atoms with Gasteiger partial charge in [0.25, 0.3) is 11.8 Å². The van der Waals surface area contributed by atoms with Gasteiger partial charge in [0.15, 0.2) is 10.8 Å². The summed E-state index contributed by atoms with van der Waals surface area (Å²) in [6.45, 7) is 2.48. The lowest BCUT2D eigenvalue weighted by Gasteiger charge is -2.04. The molecule has 0 radical (unpaired) electrons. The molecule has 0 saturated heterocycles. The number of benzene rings is 1. The normalized spacial score (nSPS) is 10.9. The fourth-order valence-electron chi connectivity index (χ4n) is 2.50. The first kappa shape index (κ1) is 17.4. The van der Waals surface area contributed by atoms with E-state index in [-0.39, 0.29) is 11.8 Å². The van der Waals surface area contributed by atoms with Gasteiger partial charge in [-0.3, -0.25) is 14.7 Å². The molecule has 3 N–H and O–H groups in total. The van der Waals surface area contributed by atoms with Crippen LogP contribution in [0.3, 0.4) is 0 Å². The summed E-state index contributed by atoms with van der Waals surface area (Å²) in [5, 5.41) is 15.4. The molecule has 7 nitrogen and oxygen atoms in total. The van der Waals surface area contributed by atoms with Crippen molar-refractivity contribution in [1.29, 1.82) is 0 Å². The number of fused-ring (bicyclic) bond motifs is 1. The van der Waals surface area contributed by atoms with Gasteiger partial charge in [-0.05, 0) is 18.6 Å². The molecule has 0 unspecified atom stereocenters. The Morgan fingerprint density at radius 1 is 1.19 bits per heavy atom. The molecule has 0 aliphatic heterocycles. The van der Waals surface area contributed by atoms with E-state index in [1.807, 2.05) is 31.2 Å². The van der Waals surface area contributed by atoms with Gasteiger partial charge in [-0.1, -0.05) is 29.8 Å². The molecule has 0 spiro atoms. The van der Waals surface area contributed by atoms with Gasteiger partial charge < -0.3 is 10.6 Å². The van der Waals surface area contributed by atoms with Crippen molar-refractivity contribution in [3.05, 3.63) is 62.9 Å². The number of thiophene rings is 1. The zero-order valence-corrected chi connectivity index (χ0v) is 15.9. The number of thiazole rings is 1. The summed E-state index contributed by atoms with van der Waals surface area (Å²) in [6.07, 6.45) is 1.57. The van der Waals surface area contributed by atoms with E-state index < -0.39 is 0 Å². The minimum absolute atomic E-state index is 0.164. The summed E-state index contributed by atoms with van der Waals surface area (Å²) in [5.41, 5.74) is 2.21. The third-order valence-corrected chi connectivity index (χ3v) is 5.72. The zero-order chi connectivity index (χ0) is 18.8. The number of rotatable bonds is 5. The summed E-state index contributed by atoms with van der Waals surface area (Å²) < 4.78 is 0. The Bertz CT molecular complexity index is 1100. The van der Waals surface area contributed by atoms with Crippen LogP contribution in [-0.2, 0) is 6.54 Å². The topological polar surface area (TPSA) is 99.8 Å². The zero-order valence-electron chi connectivity index (χ0n) is 14.3. The number of nitrogens with one attached hydrogen (secondary N) is 3. The second kappa shape index (κ2) is 7.29. The monoisotopic (exact) mass is 397 g/mol. The van der Waals surface area contributed by atoms with Gasteiger partial charge in [-0.15, -0.1) is 22.7 Å². The SMILES string of the molecule is Cc1ccc(CNC(=O)c2cc3c(NC(=O)c4nccs4)n[nH]c3s2)cc1. The Kier molecular flexibility index (Phi) is 4.69. The second-order valence-electron chi connectivity index (χ2n) is 5.89. The predicted molar refractivity (Wildman–Crippen MR) is 106 cm³/mol. The van der Waals surface area contributed by atoms with Crippen molar-refractivity contribution in [2.45, 2.75) is 13.5 Å². The van der Waals surface area contributed by atoms with Crippen LogP contribution in [0.2, 0.25) is 0 Å². The van der Waals surface area contributed by atoms with Crippen molar-refractivity contribution < 1.29 is 9.59 Å². The van der Waals surface area contributed by atoms with Crippen LogP contribution in [0.25, 0.3) is 10.2 Å². The molecule has 2 amide bonds. The maximum atomic E-state index is 12.4. The minimum atomic E-state index is -0.324. The van der Waals surface area contributed by atoms with E-state index in [9.17, 15) is 9.59 Å². The van der Waals surface area contributed by atoms with Crippen molar-refractivity contribution >= 4 is 50.5 Å². The molecule has 136 valence electrons. The Morgan fingerprint density at radius 2 is 2.00 bits per heavy atom. The summed E-state index contributed by atoms with van der Waals surface area (Å²) in [7, 11) is 0. The highest BCUT2D eigenvalue weighted by Crippen LogP contribution is 2.29. The summed E-state index contributed by atoms with van der Waals surface area (Å²) in [6, 6.07) is 9.73. The number of aryl methyl sites for hydroxylation is 1. The molecule has 27 heavy (non-hydrogen) atoms. The van der Waals surface area contributed by atoms with E-state index in [0.29, 0.717) is 27.6 Å². The van der Waals surface area contributed by atoms with Gasteiger partial charge in [0.05, 0.1) is 10.3 Å². The quantitative estimate of drug-likeness (QED) is 0.479. The van der Waals surface area contributed by atoms with Crippen LogP contribution in [0.5, 0.6) is 0 Å². The van der Waals surface area contributed by atoms with Crippen molar-refractivity contribution in [2.24, 2.45) is 0 Å². The van der Waals surface area contributed by atoms with Crippen LogP contribution in [0.1, 0.15) is 30.6 Å². The Morgan fingerprint density at radius 3 is 2.74 bits per heavy atom. The first-order valence-corrected chi connectivity index (χ1v) is 9.82. The lowest BCUT2D eigenvalue weighted by Crippen LogP contribution is -2.21. The molecule has 0 bridgehead atoms. The largest absolute Gasteiger partial charge is 0.347 e. The average Bonchev–Trinajstić information content (AvgIpc) is 3.39. The summed E-state index contributed by atoms with van der Waals surface area (Å²) in [4.78, 5) is 29.8.